The van der Waals surface area contributed by atoms with Gasteiger partial charge in [0, 0.05) is 31.4 Å². The summed E-state index contributed by atoms with van der Waals surface area (Å²) < 4.78 is 0. The highest BCUT2D eigenvalue weighted by atomic mass is 16.2. The van der Waals surface area contributed by atoms with Crippen LogP contribution in [-0.4, -0.2) is 32.0 Å². The largest absolute Gasteiger partial charge is 0.375 e. The zero-order valence-electron chi connectivity index (χ0n) is 17.8. The third-order valence-electron chi connectivity index (χ3n) is 5.12. The molecule has 0 radical (unpaired) electrons. The first-order valence-corrected chi connectivity index (χ1v) is 10.6. The summed E-state index contributed by atoms with van der Waals surface area (Å²) in [4.78, 5) is 27.4. The molecule has 0 aromatic heterocycles. The molecule has 0 aliphatic rings. The van der Waals surface area contributed by atoms with E-state index < -0.39 is 0 Å². The Labute approximate surface area is 184 Å². The van der Waals surface area contributed by atoms with Gasteiger partial charge in [-0.05, 0) is 36.2 Å². The smallest absolute Gasteiger partial charge is 0.251 e. The molecule has 31 heavy (non-hydrogen) atoms. The fraction of sp³-hybridized carbons (Fsp3) is 0.231. The fourth-order valence-corrected chi connectivity index (χ4v) is 3.38. The quantitative estimate of drug-likeness (QED) is 0.488. The zero-order chi connectivity index (χ0) is 21.9. The Morgan fingerprint density at radius 2 is 1.42 bits per heavy atom. The van der Waals surface area contributed by atoms with Crippen LogP contribution in [0.4, 0.5) is 5.69 Å². The van der Waals surface area contributed by atoms with E-state index in [4.69, 9.17) is 0 Å². The number of amides is 2. The molecule has 0 unspecified atom stereocenters. The zero-order valence-corrected chi connectivity index (χ0v) is 17.8. The van der Waals surface area contributed by atoms with Gasteiger partial charge in [0.15, 0.2) is 0 Å². The predicted molar refractivity (Wildman–Crippen MR) is 125 cm³/mol. The number of para-hydroxylation sites is 1. The van der Waals surface area contributed by atoms with Crippen LogP contribution in [0.2, 0.25) is 0 Å². The first kappa shape index (κ1) is 22.1. The number of benzene rings is 3. The number of carbonyl (C=O) groups is 2. The van der Waals surface area contributed by atoms with Crippen molar-refractivity contribution in [1.29, 1.82) is 0 Å². The molecule has 3 aromatic carbocycles. The maximum Gasteiger partial charge on any atom is 0.251 e. The Bertz CT molecular complexity index is 946. The van der Waals surface area contributed by atoms with Crippen LogP contribution >= 0.6 is 0 Å². The highest BCUT2D eigenvalue weighted by Gasteiger charge is 2.19. The average molecular weight is 416 g/mol. The Balaban J connectivity index is 1.52. The van der Waals surface area contributed by atoms with Gasteiger partial charge in [-0.15, -0.1) is 0 Å². The average Bonchev–Trinajstić information content (AvgIpc) is 2.83. The standard InChI is InChI=1S/C26H29N3O2/c1-29(23-16-9-4-10-17-23)19-11-18-27-25(30)20-24(21-12-5-2-6-13-21)28-26(31)22-14-7-3-8-15-22/h2-10,12-17,24H,11,18-20H2,1H3,(H,27,30)(H,28,31)/t24-/m0/s1. The van der Waals surface area contributed by atoms with Gasteiger partial charge in [-0.1, -0.05) is 66.7 Å². The molecule has 0 bridgehead atoms. The highest BCUT2D eigenvalue weighted by Crippen LogP contribution is 2.17. The van der Waals surface area contributed by atoms with E-state index in [9.17, 15) is 9.59 Å². The van der Waals surface area contributed by atoms with Crippen LogP contribution in [0.1, 0.15) is 34.8 Å². The normalized spacial score (nSPS) is 11.4. The summed E-state index contributed by atoms with van der Waals surface area (Å²) in [6.45, 7) is 1.43. The molecule has 5 nitrogen and oxygen atoms in total. The molecule has 1 atom stereocenters. The second-order valence-corrected chi connectivity index (χ2v) is 7.47. The van der Waals surface area contributed by atoms with Crippen molar-refractivity contribution < 1.29 is 9.59 Å². The molecule has 0 heterocycles. The van der Waals surface area contributed by atoms with Crippen molar-refractivity contribution in [3.8, 4) is 0 Å². The lowest BCUT2D eigenvalue weighted by Gasteiger charge is -2.20. The van der Waals surface area contributed by atoms with Gasteiger partial charge >= 0.3 is 0 Å². The maximum atomic E-state index is 12.6. The molecule has 2 N–H and O–H groups in total. The van der Waals surface area contributed by atoms with E-state index >= 15 is 0 Å². The molecule has 3 aromatic rings. The number of rotatable bonds is 10. The summed E-state index contributed by atoms with van der Waals surface area (Å²) in [6, 6.07) is 28.4. The van der Waals surface area contributed by atoms with E-state index in [1.165, 1.54) is 0 Å². The predicted octanol–water partition coefficient (Wildman–Crippen LogP) is 4.19. The summed E-state index contributed by atoms with van der Waals surface area (Å²) in [5.41, 5.74) is 2.64. The van der Waals surface area contributed by atoms with Crippen molar-refractivity contribution in [1.82, 2.24) is 10.6 Å². The Kier molecular flexibility index (Phi) is 8.23. The third kappa shape index (κ3) is 7.00. The topological polar surface area (TPSA) is 61.4 Å². The molecule has 0 fully saturated rings. The van der Waals surface area contributed by atoms with Gasteiger partial charge in [-0.2, -0.15) is 0 Å². The van der Waals surface area contributed by atoms with Gasteiger partial charge in [0.2, 0.25) is 5.91 Å². The summed E-state index contributed by atoms with van der Waals surface area (Å²) >= 11 is 0. The van der Waals surface area contributed by atoms with Crippen molar-refractivity contribution in [3.05, 3.63) is 102 Å². The van der Waals surface area contributed by atoms with Crippen LogP contribution in [0.5, 0.6) is 0 Å². The summed E-state index contributed by atoms with van der Waals surface area (Å²) in [6.07, 6.45) is 1.03. The minimum Gasteiger partial charge on any atom is -0.375 e. The first-order chi connectivity index (χ1) is 15.1. The number of nitrogens with one attached hydrogen (secondary N) is 2. The second-order valence-electron chi connectivity index (χ2n) is 7.47. The van der Waals surface area contributed by atoms with Crippen LogP contribution in [0.25, 0.3) is 0 Å². The van der Waals surface area contributed by atoms with Gasteiger partial charge in [0.1, 0.15) is 0 Å². The minimum atomic E-state index is -0.388. The van der Waals surface area contributed by atoms with Gasteiger partial charge in [0.25, 0.3) is 5.91 Å². The molecular formula is C26H29N3O2. The lowest BCUT2D eigenvalue weighted by Crippen LogP contribution is -2.34. The van der Waals surface area contributed by atoms with Crippen LogP contribution in [0.3, 0.4) is 0 Å². The Morgan fingerprint density at radius 1 is 0.839 bits per heavy atom. The van der Waals surface area contributed by atoms with E-state index in [2.05, 4.69) is 27.7 Å². The molecule has 160 valence electrons. The lowest BCUT2D eigenvalue weighted by atomic mass is 10.0. The monoisotopic (exact) mass is 415 g/mol. The van der Waals surface area contributed by atoms with E-state index in [0.717, 1.165) is 24.2 Å². The van der Waals surface area contributed by atoms with E-state index in [-0.39, 0.29) is 24.3 Å². The van der Waals surface area contributed by atoms with Gasteiger partial charge < -0.3 is 15.5 Å². The first-order valence-electron chi connectivity index (χ1n) is 10.6. The van der Waals surface area contributed by atoms with Crippen LogP contribution in [0.15, 0.2) is 91.0 Å². The van der Waals surface area contributed by atoms with Gasteiger partial charge in [-0.25, -0.2) is 0 Å². The fourth-order valence-electron chi connectivity index (χ4n) is 3.38. The van der Waals surface area contributed by atoms with Crippen molar-refractivity contribution in [2.24, 2.45) is 0 Å². The molecule has 0 aliphatic heterocycles. The SMILES string of the molecule is CN(CCCNC(=O)C[C@H](NC(=O)c1ccccc1)c1ccccc1)c1ccccc1. The molecule has 0 saturated heterocycles. The number of anilines is 1. The Morgan fingerprint density at radius 3 is 2.06 bits per heavy atom. The van der Waals surface area contributed by atoms with Crippen molar-refractivity contribution in [3.63, 3.8) is 0 Å². The molecule has 0 aliphatic carbocycles. The van der Waals surface area contributed by atoms with E-state index in [1.54, 1.807) is 12.1 Å². The summed E-state index contributed by atoms with van der Waals surface area (Å²) in [5, 5.41) is 5.99. The molecule has 0 spiro atoms. The molecular weight excluding hydrogens is 386 g/mol. The van der Waals surface area contributed by atoms with Crippen molar-refractivity contribution >= 4 is 17.5 Å². The molecule has 3 rings (SSSR count). The highest BCUT2D eigenvalue weighted by molar-refractivity contribution is 5.94. The summed E-state index contributed by atoms with van der Waals surface area (Å²) in [5.74, 6) is -0.267. The maximum absolute atomic E-state index is 12.6. The van der Waals surface area contributed by atoms with Crippen LogP contribution in [0, 0.1) is 0 Å². The van der Waals surface area contributed by atoms with Crippen LogP contribution in [-0.2, 0) is 4.79 Å². The number of hydrogen-bond donors (Lipinski definition) is 2. The van der Waals surface area contributed by atoms with Crippen LogP contribution < -0.4 is 15.5 Å². The van der Waals surface area contributed by atoms with Crippen molar-refractivity contribution in [2.75, 3.05) is 25.0 Å². The van der Waals surface area contributed by atoms with Gasteiger partial charge in [-0.3, -0.25) is 9.59 Å². The summed E-state index contributed by atoms with van der Waals surface area (Å²) in [7, 11) is 2.04. The number of carbonyl (C=O) groups excluding carboxylic acids is 2. The van der Waals surface area contributed by atoms with E-state index in [0.29, 0.717) is 12.1 Å². The molecule has 0 saturated carbocycles. The number of nitrogens with zero attached hydrogens (tertiary/aromatic N) is 1. The Hall–Kier alpha value is -3.60. The minimum absolute atomic E-state index is 0.0791. The molecule has 5 heteroatoms. The molecule has 2 amide bonds. The van der Waals surface area contributed by atoms with E-state index in [1.807, 2.05) is 73.8 Å². The number of hydrogen-bond acceptors (Lipinski definition) is 3. The van der Waals surface area contributed by atoms with Gasteiger partial charge in [0.05, 0.1) is 12.5 Å². The third-order valence-corrected chi connectivity index (χ3v) is 5.12. The van der Waals surface area contributed by atoms with Crippen molar-refractivity contribution in [2.45, 2.75) is 18.9 Å². The second kappa shape index (κ2) is 11.6. The lowest BCUT2D eigenvalue weighted by molar-refractivity contribution is -0.121.